The number of thiazole rings is 1. The third kappa shape index (κ3) is 2.97. The van der Waals surface area contributed by atoms with Crippen molar-refractivity contribution >= 4 is 22.4 Å². The highest BCUT2D eigenvalue weighted by Gasteiger charge is 2.18. The van der Waals surface area contributed by atoms with Gasteiger partial charge in [0.2, 0.25) is 0 Å². The predicted molar refractivity (Wildman–Crippen MR) is 90.8 cm³/mol. The van der Waals surface area contributed by atoms with Gasteiger partial charge in [0.1, 0.15) is 11.6 Å². The van der Waals surface area contributed by atoms with E-state index in [1.165, 1.54) is 34.8 Å². The summed E-state index contributed by atoms with van der Waals surface area (Å²) in [4.78, 5) is 18.1. The van der Waals surface area contributed by atoms with E-state index in [4.69, 9.17) is 4.42 Å². The van der Waals surface area contributed by atoms with Gasteiger partial charge in [-0.3, -0.25) is 10.1 Å². The quantitative estimate of drug-likeness (QED) is 0.752. The molecule has 122 valence electrons. The number of carbonyl (C=O) groups is 1. The summed E-state index contributed by atoms with van der Waals surface area (Å²) in [6.45, 7) is 0. The fourth-order valence-electron chi connectivity index (χ4n) is 2.79. The highest BCUT2D eigenvalue weighted by atomic mass is 32.1. The Bertz CT molecular complexity index is 859. The second-order valence-electron chi connectivity index (χ2n) is 5.72. The van der Waals surface area contributed by atoms with Crippen LogP contribution in [0.4, 0.5) is 9.52 Å². The number of benzene rings is 1. The molecule has 0 aliphatic heterocycles. The summed E-state index contributed by atoms with van der Waals surface area (Å²) in [5.41, 5.74) is 1.83. The summed E-state index contributed by atoms with van der Waals surface area (Å²) < 4.78 is 18.6. The van der Waals surface area contributed by atoms with Gasteiger partial charge in [0.25, 0.3) is 5.91 Å². The molecule has 0 saturated carbocycles. The lowest BCUT2D eigenvalue weighted by atomic mass is 10.0. The van der Waals surface area contributed by atoms with E-state index in [2.05, 4.69) is 10.3 Å². The van der Waals surface area contributed by atoms with Crippen molar-refractivity contribution in [2.24, 2.45) is 0 Å². The van der Waals surface area contributed by atoms with Crippen molar-refractivity contribution < 1.29 is 13.6 Å². The van der Waals surface area contributed by atoms with E-state index < -0.39 is 0 Å². The Labute approximate surface area is 142 Å². The van der Waals surface area contributed by atoms with Crippen LogP contribution in [0.25, 0.3) is 11.3 Å². The molecule has 6 heteroatoms. The second kappa shape index (κ2) is 6.20. The van der Waals surface area contributed by atoms with E-state index in [-0.39, 0.29) is 17.5 Å². The average molecular weight is 342 g/mol. The van der Waals surface area contributed by atoms with Crippen molar-refractivity contribution in [1.82, 2.24) is 4.98 Å². The van der Waals surface area contributed by atoms with Crippen molar-refractivity contribution in [3.8, 4) is 11.3 Å². The Balaban J connectivity index is 1.50. The van der Waals surface area contributed by atoms with Gasteiger partial charge < -0.3 is 4.42 Å². The van der Waals surface area contributed by atoms with E-state index >= 15 is 0 Å². The van der Waals surface area contributed by atoms with E-state index in [0.29, 0.717) is 10.9 Å². The first-order chi connectivity index (χ1) is 11.7. The summed E-state index contributed by atoms with van der Waals surface area (Å²) in [7, 11) is 0. The summed E-state index contributed by atoms with van der Waals surface area (Å²) in [6.07, 6.45) is 4.36. The second-order valence-corrected chi connectivity index (χ2v) is 6.80. The molecular weight excluding hydrogens is 327 g/mol. The summed E-state index contributed by atoms with van der Waals surface area (Å²) in [5, 5.41) is 3.42. The van der Waals surface area contributed by atoms with Crippen LogP contribution in [-0.4, -0.2) is 10.9 Å². The van der Waals surface area contributed by atoms with Gasteiger partial charge in [-0.05, 0) is 62.1 Å². The van der Waals surface area contributed by atoms with Crippen LogP contribution >= 0.6 is 11.3 Å². The third-order valence-electron chi connectivity index (χ3n) is 4.02. The molecule has 3 aromatic rings. The number of nitrogens with one attached hydrogen (secondary N) is 1. The van der Waals surface area contributed by atoms with Crippen LogP contribution in [0, 0.1) is 5.82 Å². The number of carbonyl (C=O) groups excluding carboxylic acids is 1. The standard InChI is InChI=1S/C18H15FN2O2S/c19-12-7-5-11(6-8-12)14-9-10-15(23-14)17(22)21-18-20-13-3-1-2-4-16(13)24-18/h5-10H,1-4H2,(H,20,21,22). The molecule has 0 unspecified atom stereocenters. The number of rotatable bonds is 3. The molecule has 1 aliphatic rings. The minimum Gasteiger partial charge on any atom is -0.451 e. The zero-order chi connectivity index (χ0) is 16.5. The number of hydrogen-bond donors (Lipinski definition) is 1. The Morgan fingerprint density at radius 3 is 2.71 bits per heavy atom. The van der Waals surface area contributed by atoms with E-state index in [9.17, 15) is 9.18 Å². The topological polar surface area (TPSA) is 55.1 Å². The molecule has 4 nitrogen and oxygen atoms in total. The zero-order valence-electron chi connectivity index (χ0n) is 12.8. The maximum Gasteiger partial charge on any atom is 0.293 e. The van der Waals surface area contributed by atoms with Crippen molar-refractivity contribution in [2.75, 3.05) is 5.32 Å². The highest BCUT2D eigenvalue weighted by Crippen LogP contribution is 2.30. The van der Waals surface area contributed by atoms with Gasteiger partial charge in [-0.2, -0.15) is 0 Å². The lowest BCUT2D eigenvalue weighted by Crippen LogP contribution is -2.10. The molecule has 24 heavy (non-hydrogen) atoms. The number of anilines is 1. The number of aryl methyl sites for hydroxylation is 2. The largest absolute Gasteiger partial charge is 0.451 e. The van der Waals surface area contributed by atoms with Crippen LogP contribution in [0.3, 0.4) is 0 Å². The van der Waals surface area contributed by atoms with Crippen LogP contribution in [0.15, 0.2) is 40.8 Å². The fourth-order valence-corrected chi connectivity index (χ4v) is 3.84. The molecule has 1 N–H and O–H groups in total. The number of halogens is 1. The molecule has 1 aliphatic carbocycles. The summed E-state index contributed by atoms with van der Waals surface area (Å²) in [6, 6.07) is 9.27. The predicted octanol–water partition coefficient (Wildman–Crippen LogP) is 4.67. The Hall–Kier alpha value is -2.47. The molecule has 0 saturated heterocycles. The SMILES string of the molecule is O=C(Nc1nc2c(s1)CCCC2)c1ccc(-c2ccc(F)cc2)o1. The maximum atomic E-state index is 13.0. The monoisotopic (exact) mass is 342 g/mol. The smallest absolute Gasteiger partial charge is 0.293 e. The maximum absolute atomic E-state index is 13.0. The Morgan fingerprint density at radius 1 is 1.12 bits per heavy atom. The molecule has 0 fully saturated rings. The molecule has 2 heterocycles. The minimum atomic E-state index is -0.325. The zero-order valence-corrected chi connectivity index (χ0v) is 13.7. The minimum absolute atomic E-state index is 0.211. The Morgan fingerprint density at radius 2 is 1.92 bits per heavy atom. The van der Waals surface area contributed by atoms with E-state index in [1.807, 2.05) is 0 Å². The van der Waals surface area contributed by atoms with Crippen LogP contribution in [-0.2, 0) is 12.8 Å². The summed E-state index contributed by atoms with van der Waals surface area (Å²) >= 11 is 1.54. The number of aromatic nitrogens is 1. The summed E-state index contributed by atoms with van der Waals surface area (Å²) in [5.74, 6) is 0.103. The molecule has 0 atom stereocenters. The van der Waals surface area contributed by atoms with Crippen LogP contribution in [0.2, 0.25) is 0 Å². The number of furan rings is 1. The average Bonchev–Trinajstić information content (AvgIpc) is 3.21. The number of fused-ring (bicyclic) bond motifs is 1. The molecule has 1 amide bonds. The molecule has 2 aromatic heterocycles. The van der Waals surface area contributed by atoms with Gasteiger partial charge in [-0.1, -0.05) is 0 Å². The molecule has 1 aromatic carbocycles. The van der Waals surface area contributed by atoms with Gasteiger partial charge in [0, 0.05) is 10.4 Å². The first-order valence-electron chi connectivity index (χ1n) is 7.85. The van der Waals surface area contributed by atoms with Gasteiger partial charge in [0.05, 0.1) is 5.69 Å². The molecule has 0 spiro atoms. The van der Waals surface area contributed by atoms with Crippen molar-refractivity contribution in [1.29, 1.82) is 0 Å². The van der Waals surface area contributed by atoms with Crippen molar-refractivity contribution in [3.63, 3.8) is 0 Å². The molecule has 0 radical (unpaired) electrons. The highest BCUT2D eigenvalue weighted by molar-refractivity contribution is 7.15. The lowest BCUT2D eigenvalue weighted by Gasteiger charge is -2.06. The van der Waals surface area contributed by atoms with Gasteiger partial charge in [-0.25, -0.2) is 9.37 Å². The van der Waals surface area contributed by atoms with Gasteiger partial charge in [-0.15, -0.1) is 11.3 Å². The van der Waals surface area contributed by atoms with Crippen molar-refractivity contribution in [3.05, 3.63) is 58.5 Å². The van der Waals surface area contributed by atoms with E-state index in [1.54, 1.807) is 24.3 Å². The van der Waals surface area contributed by atoms with Crippen LogP contribution in [0.1, 0.15) is 34.0 Å². The van der Waals surface area contributed by atoms with Crippen molar-refractivity contribution in [2.45, 2.75) is 25.7 Å². The first kappa shape index (κ1) is 15.1. The Kier molecular flexibility index (Phi) is 3.90. The van der Waals surface area contributed by atoms with Crippen LogP contribution < -0.4 is 5.32 Å². The fraction of sp³-hybridized carbons (Fsp3) is 0.222. The lowest BCUT2D eigenvalue weighted by molar-refractivity contribution is 0.0997. The number of amides is 1. The normalized spacial score (nSPS) is 13.5. The van der Waals surface area contributed by atoms with Gasteiger partial charge >= 0.3 is 0 Å². The molecular formula is C18H15FN2O2S. The number of hydrogen-bond acceptors (Lipinski definition) is 4. The first-order valence-corrected chi connectivity index (χ1v) is 8.66. The molecule has 4 rings (SSSR count). The third-order valence-corrected chi connectivity index (χ3v) is 5.10. The van der Waals surface area contributed by atoms with Gasteiger partial charge in [0.15, 0.2) is 10.9 Å². The van der Waals surface area contributed by atoms with Crippen LogP contribution in [0.5, 0.6) is 0 Å². The van der Waals surface area contributed by atoms with E-state index in [0.717, 1.165) is 30.5 Å². The number of nitrogens with zero attached hydrogens (tertiary/aromatic N) is 1. The molecule has 0 bridgehead atoms.